The maximum atomic E-state index is 11.1. The highest BCUT2D eigenvalue weighted by atomic mass is 32.1. The Balaban J connectivity index is 2.23. The molecule has 1 N–H and O–H groups in total. The molecule has 94 valence electrons. The average molecular weight is 256 g/mol. The molecule has 2 rings (SSSR count). The number of ether oxygens (including phenoxy) is 1. The summed E-state index contributed by atoms with van der Waals surface area (Å²) in [6.45, 7) is 4.36. The number of methoxy groups -OCH3 is 1. The number of rotatable bonds is 4. The quantitative estimate of drug-likeness (QED) is 0.890. The highest BCUT2D eigenvalue weighted by Gasteiger charge is 2.25. The van der Waals surface area contributed by atoms with Crippen LogP contribution in [0.2, 0.25) is 0 Å². The minimum absolute atomic E-state index is 0.252. The summed E-state index contributed by atoms with van der Waals surface area (Å²) >= 11 is 1.24. The van der Waals surface area contributed by atoms with E-state index in [9.17, 15) is 4.79 Å². The Labute approximate surface area is 104 Å². The van der Waals surface area contributed by atoms with E-state index in [1.54, 1.807) is 7.11 Å². The molecule has 0 spiro atoms. The molecule has 17 heavy (non-hydrogen) atoms. The number of carboxylic acid groups (broad SMARTS) is 1. The molecular formula is C11H16N2O3S. The van der Waals surface area contributed by atoms with Crippen LogP contribution in [0, 0.1) is 5.92 Å². The Kier molecular flexibility index (Phi) is 3.63. The van der Waals surface area contributed by atoms with Crippen LogP contribution in [0.1, 0.15) is 28.7 Å². The molecule has 1 aromatic heterocycles. The molecule has 1 unspecified atom stereocenters. The van der Waals surface area contributed by atoms with E-state index in [1.807, 2.05) is 0 Å². The van der Waals surface area contributed by atoms with Gasteiger partial charge in [0, 0.05) is 20.2 Å². The summed E-state index contributed by atoms with van der Waals surface area (Å²) in [5.74, 6) is -0.272. The van der Waals surface area contributed by atoms with Gasteiger partial charge in [-0.1, -0.05) is 18.3 Å². The van der Waals surface area contributed by atoms with Crippen molar-refractivity contribution in [1.29, 1.82) is 0 Å². The Hall–Kier alpha value is -1.14. The standard InChI is InChI=1S/C11H16N2O3S/c1-7-3-4-13(5-7)11-12-8(6-16-2)9(17-11)10(14)15/h7H,3-6H2,1-2H3,(H,14,15). The van der Waals surface area contributed by atoms with E-state index in [4.69, 9.17) is 9.84 Å². The Bertz CT molecular complexity index is 419. The monoisotopic (exact) mass is 256 g/mol. The van der Waals surface area contributed by atoms with Crippen LogP contribution in [0.3, 0.4) is 0 Å². The molecule has 1 saturated heterocycles. The Morgan fingerprint density at radius 1 is 1.71 bits per heavy atom. The first-order chi connectivity index (χ1) is 8.11. The van der Waals surface area contributed by atoms with Crippen LogP contribution in [0.25, 0.3) is 0 Å². The minimum Gasteiger partial charge on any atom is -0.477 e. The van der Waals surface area contributed by atoms with Crippen LogP contribution < -0.4 is 4.90 Å². The third-order valence-electron chi connectivity index (χ3n) is 2.86. The fourth-order valence-electron chi connectivity index (χ4n) is 1.98. The molecular weight excluding hydrogens is 240 g/mol. The van der Waals surface area contributed by atoms with Gasteiger partial charge in [0.2, 0.25) is 0 Å². The highest BCUT2D eigenvalue weighted by Crippen LogP contribution is 2.30. The van der Waals surface area contributed by atoms with Gasteiger partial charge in [0.25, 0.3) is 0 Å². The van der Waals surface area contributed by atoms with Gasteiger partial charge in [-0.15, -0.1) is 0 Å². The van der Waals surface area contributed by atoms with E-state index in [1.165, 1.54) is 11.3 Å². The number of anilines is 1. The van der Waals surface area contributed by atoms with Crippen molar-refractivity contribution < 1.29 is 14.6 Å². The van der Waals surface area contributed by atoms with E-state index < -0.39 is 5.97 Å². The van der Waals surface area contributed by atoms with E-state index in [0.717, 1.165) is 24.6 Å². The SMILES string of the molecule is COCc1nc(N2CCC(C)C2)sc1C(=O)O. The lowest BCUT2D eigenvalue weighted by Crippen LogP contribution is -2.18. The van der Waals surface area contributed by atoms with Crippen LogP contribution in [0.5, 0.6) is 0 Å². The molecule has 0 aliphatic carbocycles. The maximum absolute atomic E-state index is 11.1. The number of hydrogen-bond donors (Lipinski definition) is 1. The van der Waals surface area contributed by atoms with Crippen molar-refractivity contribution in [2.45, 2.75) is 20.0 Å². The summed E-state index contributed by atoms with van der Waals surface area (Å²) in [5, 5.41) is 9.90. The second-order valence-electron chi connectivity index (χ2n) is 4.35. The summed E-state index contributed by atoms with van der Waals surface area (Å²) in [4.78, 5) is 17.9. The van der Waals surface area contributed by atoms with Crippen molar-refractivity contribution in [3.63, 3.8) is 0 Å². The molecule has 1 aliphatic heterocycles. The lowest BCUT2D eigenvalue weighted by molar-refractivity contribution is 0.0697. The predicted octanol–water partition coefficient (Wildman–Crippen LogP) is 1.83. The molecule has 1 aliphatic rings. The lowest BCUT2D eigenvalue weighted by Gasteiger charge is -2.13. The summed E-state index contributed by atoms with van der Waals surface area (Å²) in [5.41, 5.74) is 0.527. The normalized spacial score (nSPS) is 19.9. The molecule has 0 radical (unpaired) electrons. The van der Waals surface area contributed by atoms with Gasteiger partial charge in [-0.3, -0.25) is 0 Å². The van der Waals surface area contributed by atoms with Crippen molar-refractivity contribution in [3.8, 4) is 0 Å². The first-order valence-electron chi connectivity index (χ1n) is 5.58. The van der Waals surface area contributed by atoms with Crippen molar-refractivity contribution in [1.82, 2.24) is 4.98 Å². The van der Waals surface area contributed by atoms with Gasteiger partial charge in [-0.05, 0) is 12.3 Å². The molecule has 1 atom stereocenters. The van der Waals surface area contributed by atoms with Gasteiger partial charge in [-0.25, -0.2) is 9.78 Å². The van der Waals surface area contributed by atoms with Crippen LogP contribution in [-0.2, 0) is 11.3 Å². The number of aromatic nitrogens is 1. The summed E-state index contributed by atoms with van der Waals surface area (Å²) in [6, 6.07) is 0. The third kappa shape index (κ3) is 2.58. The number of nitrogens with zero attached hydrogens (tertiary/aromatic N) is 2. The van der Waals surface area contributed by atoms with Crippen LogP contribution >= 0.6 is 11.3 Å². The number of thiazole rings is 1. The summed E-state index contributed by atoms with van der Waals surface area (Å²) < 4.78 is 4.98. The molecule has 0 bridgehead atoms. The zero-order chi connectivity index (χ0) is 12.4. The fourth-order valence-corrected chi connectivity index (χ4v) is 2.93. The second-order valence-corrected chi connectivity index (χ2v) is 5.33. The maximum Gasteiger partial charge on any atom is 0.347 e. The van der Waals surface area contributed by atoms with Gasteiger partial charge in [-0.2, -0.15) is 0 Å². The topological polar surface area (TPSA) is 62.7 Å². The number of carboxylic acids is 1. The highest BCUT2D eigenvalue weighted by molar-refractivity contribution is 7.17. The number of aromatic carboxylic acids is 1. The van der Waals surface area contributed by atoms with Gasteiger partial charge in [0.1, 0.15) is 4.88 Å². The first kappa shape index (κ1) is 12.3. The number of hydrogen-bond acceptors (Lipinski definition) is 5. The smallest absolute Gasteiger partial charge is 0.347 e. The first-order valence-corrected chi connectivity index (χ1v) is 6.40. The molecule has 5 nitrogen and oxygen atoms in total. The molecule has 6 heteroatoms. The molecule has 1 aromatic rings. The largest absolute Gasteiger partial charge is 0.477 e. The fraction of sp³-hybridized carbons (Fsp3) is 0.636. The van der Waals surface area contributed by atoms with Gasteiger partial charge >= 0.3 is 5.97 Å². The van der Waals surface area contributed by atoms with Gasteiger partial charge in [0.15, 0.2) is 5.13 Å². The molecule has 0 saturated carbocycles. The van der Waals surface area contributed by atoms with E-state index in [0.29, 0.717) is 16.5 Å². The van der Waals surface area contributed by atoms with Gasteiger partial charge in [0.05, 0.1) is 12.3 Å². The van der Waals surface area contributed by atoms with Crippen molar-refractivity contribution in [2.75, 3.05) is 25.1 Å². The zero-order valence-corrected chi connectivity index (χ0v) is 10.8. The molecule has 0 aromatic carbocycles. The van der Waals surface area contributed by atoms with E-state index >= 15 is 0 Å². The van der Waals surface area contributed by atoms with Crippen LogP contribution in [0.15, 0.2) is 0 Å². The van der Waals surface area contributed by atoms with Crippen LogP contribution in [-0.4, -0.2) is 36.3 Å². The average Bonchev–Trinajstić information content (AvgIpc) is 2.85. The number of carbonyl (C=O) groups is 1. The van der Waals surface area contributed by atoms with Crippen LogP contribution in [0.4, 0.5) is 5.13 Å². The lowest BCUT2D eigenvalue weighted by atomic mass is 10.2. The van der Waals surface area contributed by atoms with Gasteiger partial charge < -0.3 is 14.7 Å². The van der Waals surface area contributed by atoms with E-state index in [2.05, 4.69) is 16.8 Å². The Morgan fingerprint density at radius 3 is 3.00 bits per heavy atom. The third-order valence-corrected chi connectivity index (χ3v) is 4.00. The second kappa shape index (κ2) is 5.01. The molecule has 0 amide bonds. The molecule has 2 heterocycles. The summed E-state index contributed by atoms with van der Waals surface area (Å²) in [6.07, 6.45) is 1.14. The van der Waals surface area contributed by atoms with Crippen molar-refractivity contribution in [2.24, 2.45) is 5.92 Å². The molecule has 1 fully saturated rings. The zero-order valence-electron chi connectivity index (χ0n) is 9.97. The van der Waals surface area contributed by atoms with E-state index in [-0.39, 0.29) is 6.61 Å². The Morgan fingerprint density at radius 2 is 2.47 bits per heavy atom. The van der Waals surface area contributed by atoms with Crippen molar-refractivity contribution in [3.05, 3.63) is 10.6 Å². The summed E-state index contributed by atoms with van der Waals surface area (Å²) in [7, 11) is 1.54. The predicted molar refractivity (Wildman–Crippen MR) is 65.8 cm³/mol. The minimum atomic E-state index is -0.923. The van der Waals surface area contributed by atoms with Crippen molar-refractivity contribution >= 4 is 22.4 Å².